The first-order valence-electron chi connectivity index (χ1n) is 11.2. The van der Waals surface area contributed by atoms with Gasteiger partial charge in [0.15, 0.2) is 0 Å². The lowest BCUT2D eigenvalue weighted by atomic mass is 10.0. The van der Waals surface area contributed by atoms with Crippen molar-refractivity contribution in [1.29, 1.82) is 0 Å². The van der Waals surface area contributed by atoms with Crippen LogP contribution in [0.5, 0.6) is 5.88 Å². The molecule has 0 aliphatic rings. The number of amides is 1. The number of alkyl halides is 6. The van der Waals surface area contributed by atoms with Gasteiger partial charge in [0.25, 0.3) is 0 Å². The largest absolute Gasteiger partial charge is 0.431 e. The Hall–Kier alpha value is -3.47. The minimum absolute atomic E-state index is 0.00996. The highest BCUT2D eigenvalue weighted by molar-refractivity contribution is 5.79. The monoisotopic (exact) mass is 528 g/mol. The van der Waals surface area contributed by atoms with Crippen LogP contribution in [0, 0.1) is 6.92 Å². The molecule has 0 atom stereocenters. The highest BCUT2D eigenvalue weighted by Crippen LogP contribution is 2.45. The van der Waals surface area contributed by atoms with Crippen molar-refractivity contribution in [2.75, 3.05) is 13.6 Å². The smallest absolute Gasteiger partial charge is 0.392 e. The summed E-state index contributed by atoms with van der Waals surface area (Å²) in [6.45, 7) is 3.54. The molecule has 1 heterocycles. The Bertz CT molecular complexity index is 1240. The molecule has 0 bridgehead atoms. The number of likely N-dealkylation sites (N-methyl/N-ethyl adjacent to an activating group) is 1. The first-order chi connectivity index (χ1) is 17.0. The van der Waals surface area contributed by atoms with E-state index in [0.29, 0.717) is 5.56 Å². The maximum atomic E-state index is 14.3. The number of aliphatic hydroxyl groups is 1. The van der Waals surface area contributed by atoms with Gasteiger partial charge < -0.3 is 19.3 Å². The Morgan fingerprint density at radius 3 is 2.00 bits per heavy atom. The molecule has 0 aliphatic heterocycles. The summed E-state index contributed by atoms with van der Waals surface area (Å²) in [4.78, 5) is 13.9. The highest BCUT2D eigenvalue weighted by atomic mass is 19.4. The molecular formula is C26H26F6N2O3. The topological polar surface area (TPSA) is 54.7 Å². The third-order valence-corrected chi connectivity index (χ3v) is 5.53. The van der Waals surface area contributed by atoms with Crippen LogP contribution in [-0.4, -0.2) is 39.9 Å². The molecule has 0 saturated carbocycles. The number of benzene rings is 2. The van der Waals surface area contributed by atoms with E-state index in [9.17, 15) is 36.2 Å². The Balaban J connectivity index is 2.23. The number of nitrogens with zero attached hydrogens (tertiary/aromatic N) is 2. The van der Waals surface area contributed by atoms with E-state index in [4.69, 9.17) is 4.74 Å². The Morgan fingerprint density at radius 2 is 1.51 bits per heavy atom. The molecule has 200 valence electrons. The molecule has 1 N–H and O–H groups in total. The summed E-state index contributed by atoms with van der Waals surface area (Å²) < 4.78 is 88.5. The fourth-order valence-electron chi connectivity index (χ4n) is 4.08. The summed E-state index contributed by atoms with van der Waals surface area (Å²) in [5.41, 5.74) is -3.38. The fraction of sp³-hybridized carbons (Fsp3) is 0.346. The predicted molar refractivity (Wildman–Crippen MR) is 125 cm³/mol. The number of aromatic nitrogens is 1. The van der Waals surface area contributed by atoms with Crippen molar-refractivity contribution in [2.24, 2.45) is 0 Å². The van der Waals surface area contributed by atoms with Crippen LogP contribution in [0.2, 0.25) is 0 Å². The van der Waals surface area contributed by atoms with Gasteiger partial charge in [-0.2, -0.15) is 26.3 Å². The van der Waals surface area contributed by atoms with Gasteiger partial charge in [-0.05, 0) is 49.6 Å². The molecule has 0 saturated heterocycles. The second-order valence-corrected chi connectivity index (χ2v) is 9.33. The normalized spacial score (nSPS) is 12.5. The molecule has 2 aromatic carbocycles. The number of ether oxygens (including phenoxy) is 1. The van der Waals surface area contributed by atoms with E-state index in [-0.39, 0.29) is 29.8 Å². The lowest BCUT2D eigenvalue weighted by Gasteiger charge is -2.25. The van der Waals surface area contributed by atoms with Gasteiger partial charge in [-0.1, -0.05) is 42.5 Å². The van der Waals surface area contributed by atoms with Crippen molar-refractivity contribution >= 4 is 6.09 Å². The van der Waals surface area contributed by atoms with E-state index in [0.717, 1.165) is 33.7 Å². The molecule has 0 spiro atoms. The van der Waals surface area contributed by atoms with E-state index in [1.807, 2.05) is 0 Å². The third kappa shape index (κ3) is 6.65. The van der Waals surface area contributed by atoms with Gasteiger partial charge in [0.05, 0.1) is 24.3 Å². The first-order valence-corrected chi connectivity index (χ1v) is 11.2. The molecule has 5 nitrogen and oxygen atoms in total. The molecule has 11 heteroatoms. The van der Waals surface area contributed by atoms with Crippen LogP contribution in [0.3, 0.4) is 0 Å². The van der Waals surface area contributed by atoms with E-state index < -0.39 is 41.2 Å². The average Bonchev–Trinajstić information content (AvgIpc) is 3.03. The molecule has 1 aromatic heterocycles. The predicted octanol–water partition coefficient (Wildman–Crippen LogP) is 6.75. The minimum atomic E-state index is -4.87. The zero-order chi connectivity index (χ0) is 27.8. The summed E-state index contributed by atoms with van der Waals surface area (Å²) in [5.74, 6) is -0.471. The van der Waals surface area contributed by atoms with E-state index >= 15 is 0 Å². The van der Waals surface area contributed by atoms with Crippen molar-refractivity contribution in [3.63, 3.8) is 0 Å². The summed E-state index contributed by atoms with van der Waals surface area (Å²) in [6.07, 6.45) is -10.6. The average molecular weight is 528 g/mol. The Morgan fingerprint density at radius 1 is 0.946 bits per heavy atom. The van der Waals surface area contributed by atoms with Crippen LogP contribution >= 0.6 is 0 Å². The van der Waals surface area contributed by atoms with E-state index in [1.165, 1.54) is 27.8 Å². The Kier molecular flexibility index (Phi) is 7.69. The fourth-order valence-corrected chi connectivity index (χ4v) is 4.08. The second-order valence-electron chi connectivity index (χ2n) is 9.33. The number of hydrogen-bond acceptors (Lipinski definition) is 3. The van der Waals surface area contributed by atoms with Crippen molar-refractivity contribution in [2.45, 2.75) is 45.3 Å². The number of carbonyl (C=O) groups excluding carboxylic acids is 1. The maximum absolute atomic E-state index is 14.3. The summed E-state index contributed by atoms with van der Waals surface area (Å²) in [5, 5.41) is 10.0. The molecule has 1 amide bonds. The molecule has 3 rings (SSSR count). The van der Waals surface area contributed by atoms with Crippen molar-refractivity contribution in [3.05, 3.63) is 77.0 Å². The Labute approximate surface area is 209 Å². The molecule has 37 heavy (non-hydrogen) atoms. The number of halogens is 6. The maximum Gasteiger partial charge on any atom is 0.431 e. The van der Waals surface area contributed by atoms with Crippen LogP contribution < -0.4 is 4.74 Å². The molecular weight excluding hydrogens is 502 g/mol. The third-order valence-electron chi connectivity index (χ3n) is 5.53. The molecule has 0 radical (unpaired) electrons. The summed E-state index contributed by atoms with van der Waals surface area (Å²) in [7, 11) is 1.31. The van der Waals surface area contributed by atoms with Gasteiger partial charge in [0.2, 0.25) is 5.88 Å². The zero-order valence-electron chi connectivity index (χ0n) is 20.5. The molecule has 3 aromatic rings. The standard InChI is InChI=1S/C26H26F6N2O3/c1-16-20(18-10-12-19(13-11-18)25(27,28)29)22(37-23(35)33(4)15-24(2,3)36)34(21(16)26(30,31)32)14-17-8-6-5-7-9-17/h5-13,36H,14-15H2,1-4H3. The quantitative estimate of drug-likeness (QED) is 0.360. The van der Waals surface area contributed by atoms with Gasteiger partial charge >= 0.3 is 18.4 Å². The van der Waals surface area contributed by atoms with Gasteiger partial charge in [0, 0.05) is 12.6 Å². The SMILES string of the molecule is Cc1c(-c2ccc(C(F)(F)F)cc2)c(OC(=O)N(C)CC(C)(C)O)n(Cc2ccccc2)c1C(F)(F)F. The van der Waals surface area contributed by atoms with Crippen LogP contribution in [0.25, 0.3) is 11.1 Å². The highest BCUT2D eigenvalue weighted by Gasteiger charge is 2.41. The van der Waals surface area contributed by atoms with Gasteiger partial charge in [0.1, 0.15) is 5.69 Å². The van der Waals surface area contributed by atoms with Gasteiger partial charge in [-0.3, -0.25) is 0 Å². The van der Waals surface area contributed by atoms with Crippen LogP contribution in [-0.2, 0) is 18.9 Å². The molecule has 0 unspecified atom stereocenters. The lowest BCUT2D eigenvalue weighted by molar-refractivity contribution is -0.144. The van der Waals surface area contributed by atoms with Gasteiger partial charge in [-0.15, -0.1) is 0 Å². The lowest BCUT2D eigenvalue weighted by Crippen LogP contribution is -2.41. The number of carbonyl (C=O) groups is 1. The van der Waals surface area contributed by atoms with E-state index in [1.54, 1.807) is 30.3 Å². The van der Waals surface area contributed by atoms with Gasteiger partial charge in [-0.25, -0.2) is 4.79 Å². The zero-order valence-corrected chi connectivity index (χ0v) is 20.5. The number of rotatable bonds is 6. The van der Waals surface area contributed by atoms with Crippen LogP contribution in [0.1, 0.15) is 36.2 Å². The summed E-state index contributed by atoms with van der Waals surface area (Å²) in [6, 6.07) is 11.7. The number of hydrogen-bond donors (Lipinski definition) is 1. The first kappa shape index (κ1) is 28.1. The van der Waals surface area contributed by atoms with Crippen molar-refractivity contribution in [3.8, 4) is 17.0 Å². The second kappa shape index (κ2) is 10.1. The molecule has 0 fully saturated rings. The van der Waals surface area contributed by atoms with Crippen LogP contribution in [0.15, 0.2) is 54.6 Å². The van der Waals surface area contributed by atoms with Crippen LogP contribution in [0.4, 0.5) is 31.1 Å². The summed E-state index contributed by atoms with van der Waals surface area (Å²) >= 11 is 0. The van der Waals surface area contributed by atoms with Crippen molar-refractivity contribution in [1.82, 2.24) is 9.47 Å². The van der Waals surface area contributed by atoms with Crippen molar-refractivity contribution < 1.29 is 41.0 Å². The minimum Gasteiger partial charge on any atom is -0.392 e. The molecule has 0 aliphatic carbocycles. The van der Waals surface area contributed by atoms with E-state index in [2.05, 4.69) is 0 Å².